The number of hydrogen-bond acceptors (Lipinski definition) is 3. The molecule has 0 bridgehead atoms. The van der Waals surface area contributed by atoms with Gasteiger partial charge in [-0.2, -0.15) is 0 Å². The number of nitrogens with two attached hydrogens (primary N) is 1. The van der Waals surface area contributed by atoms with Crippen LogP contribution >= 0.6 is 15.9 Å². The smallest absolute Gasteiger partial charge is 0.149 e. The molecule has 0 aliphatic heterocycles. The Morgan fingerprint density at radius 2 is 1.74 bits per heavy atom. The maximum absolute atomic E-state index is 5.83. The van der Waals surface area contributed by atoms with Crippen molar-refractivity contribution in [3.8, 4) is 0 Å². The Balaban J connectivity index is 2.50. The summed E-state index contributed by atoms with van der Waals surface area (Å²) in [5.41, 5.74) is 8.28. The van der Waals surface area contributed by atoms with Crippen molar-refractivity contribution >= 4 is 43.9 Å². The summed E-state index contributed by atoms with van der Waals surface area (Å²) in [4.78, 5) is 0. The fraction of sp³-hybridized carbons (Fsp3) is 0.200. The molecule has 2 aromatic heterocycles. The SMILES string of the molecule is Cc1cc2c(/C=C/CN)c3oc(C)cc3c(Br)c2o1. The van der Waals surface area contributed by atoms with Gasteiger partial charge in [0.15, 0.2) is 0 Å². The second kappa shape index (κ2) is 4.54. The lowest BCUT2D eigenvalue weighted by atomic mass is 10.1. The van der Waals surface area contributed by atoms with E-state index in [1.54, 1.807) is 0 Å². The van der Waals surface area contributed by atoms with Gasteiger partial charge in [0.2, 0.25) is 0 Å². The van der Waals surface area contributed by atoms with E-state index in [1.807, 2.05) is 38.1 Å². The van der Waals surface area contributed by atoms with Crippen molar-refractivity contribution in [1.82, 2.24) is 0 Å². The summed E-state index contributed by atoms with van der Waals surface area (Å²) >= 11 is 3.61. The van der Waals surface area contributed by atoms with Crippen molar-refractivity contribution in [1.29, 1.82) is 0 Å². The minimum atomic E-state index is 0.496. The van der Waals surface area contributed by atoms with Crippen molar-refractivity contribution < 1.29 is 8.83 Å². The van der Waals surface area contributed by atoms with Crippen LogP contribution in [0.1, 0.15) is 17.1 Å². The zero-order valence-corrected chi connectivity index (χ0v) is 12.4. The van der Waals surface area contributed by atoms with Crippen LogP contribution < -0.4 is 5.73 Å². The van der Waals surface area contributed by atoms with Gasteiger partial charge in [-0.3, -0.25) is 0 Å². The van der Waals surface area contributed by atoms with Gasteiger partial charge >= 0.3 is 0 Å². The Labute approximate surface area is 119 Å². The highest BCUT2D eigenvalue weighted by Gasteiger charge is 2.17. The van der Waals surface area contributed by atoms with Crippen molar-refractivity contribution in [3.63, 3.8) is 0 Å². The van der Waals surface area contributed by atoms with E-state index >= 15 is 0 Å². The molecule has 2 heterocycles. The lowest BCUT2D eigenvalue weighted by molar-refractivity contribution is 0.574. The number of benzene rings is 1. The van der Waals surface area contributed by atoms with Gasteiger partial charge in [-0.05, 0) is 41.9 Å². The fourth-order valence-electron chi connectivity index (χ4n) is 2.35. The third-order valence-corrected chi connectivity index (χ3v) is 3.89. The van der Waals surface area contributed by atoms with Gasteiger partial charge in [0.1, 0.15) is 22.7 Å². The maximum Gasteiger partial charge on any atom is 0.149 e. The Kier molecular flexibility index (Phi) is 2.99. The average Bonchev–Trinajstić information content (AvgIpc) is 2.93. The molecule has 4 heteroatoms. The van der Waals surface area contributed by atoms with Gasteiger partial charge in [-0.25, -0.2) is 0 Å². The molecular weight excluding hydrogens is 306 g/mol. The standard InChI is InChI=1S/C15H14BrNO2/c1-8-6-11-10(4-3-5-17)14-12(7-9(2)18-14)13(16)15(11)19-8/h3-4,6-7H,5,17H2,1-2H3/b4-3+. The molecular formula is C15H14BrNO2. The lowest BCUT2D eigenvalue weighted by Crippen LogP contribution is -1.92. The van der Waals surface area contributed by atoms with E-state index < -0.39 is 0 Å². The van der Waals surface area contributed by atoms with Crippen molar-refractivity contribution in [3.05, 3.63) is 39.8 Å². The second-order valence-corrected chi connectivity index (χ2v) is 5.36. The minimum Gasteiger partial charge on any atom is -0.461 e. The summed E-state index contributed by atoms with van der Waals surface area (Å²) in [7, 11) is 0. The highest BCUT2D eigenvalue weighted by atomic mass is 79.9. The number of furan rings is 2. The van der Waals surface area contributed by atoms with Gasteiger partial charge in [0, 0.05) is 22.9 Å². The largest absolute Gasteiger partial charge is 0.461 e. The predicted molar refractivity (Wildman–Crippen MR) is 81.2 cm³/mol. The topological polar surface area (TPSA) is 52.3 Å². The van der Waals surface area contributed by atoms with E-state index in [9.17, 15) is 0 Å². The maximum atomic E-state index is 5.83. The van der Waals surface area contributed by atoms with Gasteiger partial charge < -0.3 is 14.6 Å². The third kappa shape index (κ3) is 1.91. The quantitative estimate of drug-likeness (QED) is 0.755. The summed E-state index contributed by atoms with van der Waals surface area (Å²) in [5.74, 6) is 1.75. The summed E-state index contributed by atoms with van der Waals surface area (Å²) in [6, 6.07) is 4.03. The summed E-state index contributed by atoms with van der Waals surface area (Å²) in [5, 5.41) is 2.06. The van der Waals surface area contributed by atoms with Crippen LogP contribution in [0.15, 0.2) is 31.5 Å². The number of hydrogen-bond donors (Lipinski definition) is 1. The second-order valence-electron chi connectivity index (χ2n) is 4.57. The zero-order valence-electron chi connectivity index (χ0n) is 10.8. The van der Waals surface area contributed by atoms with E-state index in [-0.39, 0.29) is 0 Å². The molecule has 19 heavy (non-hydrogen) atoms. The van der Waals surface area contributed by atoms with Gasteiger partial charge in [0.05, 0.1) is 4.47 Å². The molecule has 0 aliphatic carbocycles. The summed E-state index contributed by atoms with van der Waals surface area (Å²) in [6.45, 7) is 4.38. The molecule has 0 saturated carbocycles. The molecule has 0 atom stereocenters. The van der Waals surface area contributed by atoms with Gasteiger partial charge in [0.25, 0.3) is 0 Å². The van der Waals surface area contributed by atoms with Crippen LogP contribution in [0.4, 0.5) is 0 Å². The summed E-state index contributed by atoms with van der Waals surface area (Å²) in [6.07, 6.45) is 3.91. The molecule has 0 spiro atoms. The normalized spacial score (nSPS) is 12.2. The molecule has 0 amide bonds. The van der Waals surface area contributed by atoms with E-state index in [0.717, 1.165) is 43.5 Å². The molecule has 3 rings (SSSR count). The molecule has 0 saturated heterocycles. The van der Waals surface area contributed by atoms with E-state index in [2.05, 4.69) is 15.9 Å². The number of fused-ring (bicyclic) bond motifs is 2. The van der Waals surface area contributed by atoms with E-state index in [0.29, 0.717) is 6.54 Å². The van der Waals surface area contributed by atoms with Crippen molar-refractivity contribution in [2.45, 2.75) is 13.8 Å². The molecule has 0 fully saturated rings. The Morgan fingerprint density at radius 1 is 1.11 bits per heavy atom. The predicted octanol–water partition coefficient (Wildman–Crippen LogP) is 4.53. The molecule has 0 unspecified atom stereocenters. The molecule has 0 radical (unpaired) electrons. The highest BCUT2D eigenvalue weighted by Crippen LogP contribution is 2.40. The van der Waals surface area contributed by atoms with Gasteiger partial charge in [-0.15, -0.1) is 0 Å². The number of halogens is 1. The first-order valence-electron chi connectivity index (χ1n) is 6.10. The van der Waals surface area contributed by atoms with Crippen LogP contribution in [0.25, 0.3) is 28.0 Å². The van der Waals surface area contributed by atoms with Crippen molar-refractivity contribution in [2.75, 3.05) is 6.54 Å². The van der Waals surface area contributed by atoms with Crippen LogP contribution in [0.3, 0.4) is 0 Å². The fourth-order valence-corrected chi connectivity index (χ4v) is 2.94. The van der Waals surface area contributed by atoms with Crippen LogP contribution in [0.2, 0.25) is 0 Å². The first-order chi connectivity index (χ1) is 9.11. The number of rotatable bonds is 2. The average molecular weight is 320 g/mol. The third-order valence-electron chi connectivity index (χ3n) is 3.10. The monoisotopic (exact) mass is 319 g/mol. The summed E-state index contributed by atoms with van der Waals surface area (Å²) < 4.78 is 12.6. The molecule has 1 aromatic carbocycles. The van der Waals surface area contributed by atoms with E-state index in [1.165, 1.54) is 0 Å². The van der Waals surface area contributed by atoms with Gasteiger partial charge in [-0.1, -0.05) is 12.2 Å². The molecule has 2 N–H and O–H groups in total. The van der Waals surface area contributed by atoms with Crippen LogP contribution in [-0.2, 0) is 0 Å². The Morgan fingerprint density at radius 3 is 2.42 bits per heavy atom. The molecule has 98 valence electrons. The molecule has 3 aromatic rings. The first-order valence-corrected chi connectivity index (χ1v) is 6.89. The van der Waals surface area contributed by atoms with Crippen LogP contribution in [-0.4, -0.2) is 6.54 Å². The van der Waals surface area contributed by atoms with Crippen molar-refractivity contribution in [2.24, 2.45) is 5.73 Å². The van der Waals surface area contributed by atoms with Crippen LogP contribution in [0.5, 0.6) is 0 Å². The Hall–Kier alpha value is -1.52. The van der Waals surface area contributed by atoms with Crippen LogP contribution in [0, 0.1) is 13.8 Å². The van der Waals surface area contributed by atoms with E-state index in [4.69, 9.17) is 14.6 Å². The lowest BCUT2D eigenvalue weighted by Gasteiger charge is -2.01. The number of aryl methyl sites for hydroxylation is 2. The zero-order chi connectivity index (χ0) is 13.6. The Bertz CT molecular complexity index is 738. The first kappa shape index (κ1) is 12.5. The molecule has 0 aliphatic rings. The minimum absolute atomic E-state index is 0.496. The highest BCUT2D eigenvalue weighted by molar-refractivity contribution is 9.10. The molecule has 3 nitrogen and oxygen atoms in total.